The van der Waals surface area contributed by atoms with Crippen LogP contribution in [0.3, 0.4) is 0 Å². The van der Waals surface area contributed by atoms with Gasteiger partial charge in [0.15, 0.2) is 11.5 Å². The molecule has 0 aliphatic carbocycles. The Kier molecular flexibility index (Phi) is 7.03. The second kappa shape index (κ2) is 10.1. The van der Waals surface area contributed by atoms with Crippen molar-refractivity contribution in [1.82, 2.24) is 14.9 Å². The van der Waals surface area contributed by atoms with Gasteiger partial charge in [0.2, 0.25) is 5.95 Å². The molecule has 4 rings (SSSR count). The van der Waals surface area contributed by atoms with E-state index in [4.69, 9.17) is 9.47 Å². The van der Waals surface area contributed by atoms with E-state index in [-0.39, 0.29) is 5.69 Å². The van der Waals surface area contributed by atoms with E-state index in [0.717, 1.165) is 19.6 Å². The fourth-order valence-corrected chi connectivity index (χ4v) is 4.02. The van der Waals surface area contributed by atoms with Gasteiger partial charge in [0.25, 0.3) is 6.43 Å². The summed E-state index contributed by atoms with van der Waals surface area (Å²) in [7, 11) is 3.09. The van der Waals surface area contributed by atoms with E-state index in [2.05, 4.69) is 46.1 Å². The fourth-order valence-electron chi connectivity index (χ4n) is 4.02. The SMILES string of the molecule is COc1ccc(-c2cc(C(F)F)nc(N3CCN(Cc4cccc(C)c4)CC3)n2)cc1OC. The molecule has 6 nitrogen and oxygen atoms in total. The van der Waals surface area contributed by atoms with Crippen molar-refractivity contribution in [2.45, 2.75) is 19.9 Å². The molecule has 3 aromatic rings. The molecule has 33 heavy (non-hydrogen) atoms. The molecule has 1 aromatic heterocycles. The Balaban J connectivity index is 1.54. The Labute approximate surface area is 192 Å². The average molecular weight is 455 g/mol. The van der Waals surface area contributed by atoms with Gasteiger partial charge >= 0.3 is 0 Å². The summed E-state index contributed by atoms with van der Waals surface area (Å²) in [5.41, 5.74) is 3.32. The smallest absolute Gasteiger partial charge is 0.280 e. The summed E-state index contributed by atoms with van der Waals surface area (Å²) >= 11 is 0. The minimum atomic E-state index is -2.69. The van der Waals surface area contributed by atoms with Gasteiger partial charge in [-0.3, -0.25) is 4.90 Å². The number of aromatic nitrogens is 2. The molecule has 1 aliphatic heterocycles. The topological polar surface area (TPSA) is 50.7 Å². The van der Waals surface area contributed by atoms with Crippen molar-refractivity contribution >= 4 is 5.95 Å². The average Bonchev–Trinajstić information content (AvgIpc) is 2.83. The first-order chi connectivity index (χ1) is 16.0. The Bertz CT molecular complexity index is 1100. The molecule has 174 valence electrons. The maximum absolute atomic E-state index is 13.6. The van der Waals surface area contributed by atoms with E-state index in [1.807, 2.05) is 4.90 Å². The van der Waals surface area contributed by atoms with Crippen LogP contribution in [0.25, 0.3) is 11.3 Å². The van der Waals surface area contributed by atoms with Gasteiger partial charge in [0.05, 0.1) is 19.9 Å². The van der Waals surface area contributed by atoms with E-state index in [0.29, 0.717) is 41.8 Å². The van der Waals surface area contributed by atoms with Gasteiger partial charge in [0.1, 0.15) is 5.69 Å². The highest BCUT2D eigenvalue weighted by Gasteiger charge is 2.22. The Morgan fingerprint density at radius 1 is 0.909 bits per heavy atom. The van der Waals surface area contributed by atoms with E-state index in [1.165, 1.54) is 24.3 Å². The lowest BCUT2D eigenvalue weighted by Crippen LogP contribution is -2.46. The van der Waals surface area contributed by atoms with E-state index in [9.17, 15) is 8.78 Å². The first kappa shape index (κ1) is 22.9. The molecule has 8 heteroatoms. The van der Waals surface area contributed by atoms with E-state index in [1.54, 1.807) is 25.3 Å². The van der Waals surface area contributed by atoms with Crippen LogP contribution in [-0.4, -0.2) is 55.3 Å². The number of hydrogen-bond donors (Lipinski definition) is 0. The van der Waals surface area contributed by atoms with Gasteiger partial charge in [-0.2, -0.15) is 0 Å². The normalized spacial score (nSPS) is 14.5. The third-order valence-corrected chi connectivity index (χ3v) is 5.78. The first-order valence-corrected chi connectivity index (χ1v) is 10.9. The lowest BCUT2D eigenvalue weighted by molar-refractivity contribution is 0.146. The third-order valence-electron chi connectivity index (χ3n) is 5.78. The molecule has 0 unspecified atom stereocenters. The van der Waals surface area contributed by atoms with Crippen molar-refractivity contribution in [3.05, 3.63) is 65.4 Å². The van der Waals surface area contributed by atoms with Crippen molar-refractivity contribution < 1.29 is 18.3 Å². The zero-order valence-corrected chi connectivity index (χ0v) is 19.1. The number of aryl methyl sites for hydroxylation is 1. The standard InChI is InChI=1S/C25H28F2N4O2/c1-17-5-4-6-18(13-17)16-30-9-11-31(12-10-30)25-28-20(15-21(29-25)24(26)27)19-7-8-22(32-2)23(14-19)33-3/h4-8,13-15,24H,9-12,16H2,1-3H3. The molecular formula is C25H28F2N4O2. The predicted octanol–water partition coefficient (Wildman–Crippen LogP) is 4.73. The fraction of sp³-hybridized carbons (Fsp3) is 0.360. The Morgan fingerprint density at radius 3 is 2.33 bits per heavy atom. The van der Waals surface area contributed by atoms with Gasteiger partial charge in [0, 0.05) is 38.3 Å². The molecule has 0 radical (unpaired) electrons. The summed E-state index contributed by atoms with van der Waals surface area (Å²) in [6.45, 7) is 5.91. The zero-order chi connectivity index (χ0) is 23.4. The molecule has 0 bridgehead atoms. The highest BCUT2D eigenvalue weighted by molar-refractivity contribution is 5.65. The van der Waals surface area contributed by atoms with Crippen LogP contribution in [-0.2, 0) is 6.54 Å². The van der Waals surface area contributed by atoms with Crippen LogP contribution < -0.4 is 14.4 Å². The summed E-state index contributed by atoms with van der Waals surface area (Å²) in [5, 5.41) is 0. The van der Waals surface area contributed by atoms with Gasteiger partial charge in [-0.15, -0.1) is 0 Å². The number of rotatable bonds is 7. The second-order valence-electron chi connectivity index (χ2n) is 8.10. The summed E-state index contributed by atoms with van der Waals surface area (Å²) in [6, 6.07) is 15.1. The molecule has 0 spiro atoms. The summed E-state index contributed by atoms with van der Waals surface area (Å²) in [6.07, 6.45) is -2.69. The number of methoxy groups -OCH3 is 2. The van der Waals surface area contributed by atoms with Crippen LogP contribution in [0.1, 0.15) is 23.2 Å². The van der Waals surface area contributed by atoms with Crippen molar-refractivity contribution in [3.8, 4) is 22.8 Å². The van der Waals surface area contributed by atoms with Crippen LogP contribution in [0.2, 0.25) is 0 Å². The minimum Gasteiger partial charge on any atom is -0.493 e. The molecular weight excluding hydrogens is 426 g/mol. The van der Waals surface area contributed by atoms with Crippen LogP contribution in [0.15, 0.2) is 48.5 Å². The van der Waals surface area contributed by atoms with Crippen LogP contribution >= 0.6 is 0 Å². The van der Waals surface area contributed by atoms with Crippen molar-refractivity contribution in [1.29, 1.82) is 0 Å². The lowest BCUT2D eigenvalue weighted by atomic mass is 10.1. The number of anilines is 1. The van der Waals surface area contributed by atoms with Gasteiger partial charge in [-0.05, 0) is 36.8 Å². The molecule has 0 saturated carbocycles. The zero-order valence-electron chi connectivity index (χ0n) is 19.1. The maximum Gasteiger partial charge on any atom is 0.280 e. The molecule has 2 heterocycles. The summed E-state index contributed by atoms with van der Waals surface area (Å²) < 4.78 is 37.9. The van der Waals surface area contributed by atoms with Crippen molar-refractivity contribution in [3.63, 3.8) is 0 Å². The molecule has 1 fully saturated rings. The number of piperazine rings is 1. The second-order valence-corrected chi connectivity index (χ2v) is 8.10. The highest BCUT2D eigenvalue weighted by Crippen LogP contribution is 2.33. The lowest BCUT2D eigenvalue weighted by Gasteiger charge is -2.35. The minimum absolute atomic E-state index is 0.285. The molecule has 0 atom stereocenters. The summed E-state index contributed by atoms with van der Waals surface area (Å²) in [4.78, 5) is 13.1. The Hall–Kier alpha value is -3.26. The number of benzene rings is 2. The van der Waals surface area contributed by atoms with Crippen molar-refractivity contribution in [2.24, 2.45) is 0 Å². The Morgan fingerprint density at radius 2 is 1.67 bits per heavy atom. The molecule has 0 N–H and O–H groups in total. The monoisotopic (exact) mass is 454 g/mol. The molecule has 2 aromatic carbocycles. The molecule has 1 aliphatic rings. The van der Waals surface area contributed by atoms with Crippen LogP contribution in [0.4, 0.5) is 14.7 Å². The summed E-state index contributed by atoms with van der Waals surface area (Å²) in [5.74, 6) is 1.40. The molecule has 1 saturated heterocycles. The van der Waals surface area contributed by atoms with Crippen LogP contribution in [0, 0.1) is 6.92 Å². The first-order valence-electron chi connectivity index (χ1n) is 10.9. The highest BCUT2D eigenvalue weighted by atomic mass is 19.3. The third kappa shape index (κ3) is 5.39. The number of halogens is 2. The number of alkyl halides is 2. The van der Waals surface area contributed by atoms with Gasteiger partial charge < -0.3 is 14.4 Å². The largest absolute Gasteiger partial charge is 0.493 e. The maximum atomic E-state index is 13.6. The van der Waals surface area contributed by atoms with Crippen molar-refractivity contribution in [2.75, 3.05) is 45.3 Å². The predicted molar refractivity (Wildman–Crippen MR) is 124 cm³/mol. The van der Waals surface area contributed by atoms with Gasteiger partial charge in [-0.25, -0.2) is 18.7 Å². The number of nitrogens with zero attached hydrogens (tertiary/aromatic N) is 4. The molecule has 0 amide bonds. The van der Waals surface area contributed by atoms with Gasteiger partial charge in [-0.1, -0.05) is 29.8 Å². The number of ether oxygens (including phenoxy) is 2. The van der Waals surface area contributed by atoms with E-state index >= 15 is 0 Å². The van der Waals surface area contributed by atoms with E-state index < -0.39 is 6.43 Å². The number of hydrogen-bond acceptors (Lipinski definition) is 6. The quantitative estimate of drug-likeness (QED) is 0.515. The van der Waals surface area contributed by atoms with Crippen LogP contribution in [0.5, 0.6) is 11.5 Å².